The Kier molecular flexibility index (Phi) is 8.91. The average Bonchev–Trinajstić information content (AvgIpc) is 3.19. The van der Waals surface area contributed by atoms with E-state index in [2.05, 4.69) is 85.8 Å². The minimum atomic E-state index is 0. The molecule has 0 aliphatic heterocycles. The van der Waals surface area contributed by atoms with Crippen molar-refractivity contribution in [3.63, 3.8) is 0 Å². The van der Waals surface area contributed by atoms with Crippen LogP contribution in [0.2, 0.25) is 0 Å². The molecule has 1 aliphatic carbocycles. The van der Waals surface area contributed by atoms with Crippen LogP contribution in [0.1, 0.15) is 16.7 Å². The molecule has 0 bridgehead atoms. The van der Waals surface area contributed by atoms with E-state index in [9.17, 15) is 0 Å². The van der Waals surface area contributed by atoms with Gasteiger partial charge in [-0.15, -0.1) is 35.2 Å². The number of hydrogen-bond donors (Lipinski definition) is 0. The third-order valence-electron chi connectivity index (χ3n) is 4.41. The fourth-order valence-corrected chi connectivity index (χ4v) is 3.26. The van der Waals surface area contributed by atoms with Gasteiger partial charge in [0.25, 0.3) is 0 Å². The molecule has 0 unspecified atom stereocenters. The molecule has 5 rings (SSSR count). The Morgan fingerprint density at radius 2 is 1.69 bits per heavy atom. The Labute approximate surface area is 187 Å². The molecule has 128 valence electrons. The van der Waals surface area contributed by atoms with Crippen molar-refractivity contribution >= 4 is 10.8 Å². The normalized spacial score (nSPS) is 10.2. The van der Waals surface area contributed by atoms with Gasteiger partial charge in [-0.3, -0.25) is 0 Å². The fourth-order valence-electron chi connectivity index (χ4n) is 3.26. The summed E-state index contributed by atoms with van der Waals surface area (Å²) in [5, 5.41) is 2.66. The topological polar surface area (TPSA) is 0 Å². The van der Waals surface area contributed by atoms with E-state index in [1.54, 1.807) is 0 Å². The Bertz CT molecular complexity index is 943. The van der Waals surface area contributed by atoms with Crippen LogP contribution in [0.15, 0.2) is 78.9 Å². The van der Waals surface area contributed by atoms with Crippen molar-refractivity contribution in [1.82, 2.24) is 0 Å². The van der Waals surface area contributed by atoms with Gasteiger partial charge in [-0.25, -0.2) is 0 Å². The number of fused-ring (bicyclic) bond motifs is 4. The molecule has 26 heavy (non-hydrogen) atoms. The standard InChI is InChI=1S/C14H11.C9H7.2ClH.Zr/c1-10-6-7-14-12(8-10)9-11-4-2-3-5-13(11)14;1-2-5-9-7-3-6-8(9)4-1;;;/h2-3,5-8H,9H2,1H3;1-7H;2*1H;/q2*-1;;;+4/p-2. The van der Waals surface area contributed by atoms with E-state index in [-0.39, 0.29) is 51.0 Å². The van der Waals surface area contributed by atoms with Crippen molar-refractivity contribution in [2.24, 2.45) is 0 Å². The number of hydrogen-bond acceptors (Lipinski definition) is 0. The Hall–Kier alpha value is -1.27. The first-order valence-corrected chi connectivity index (χ1v) is 8.01. The molecule has 0 fully saturated rings. The van der Waals surface area contributed by atoms with Crippen LogP contribution in [0.3, 0.4) is 0 Å². The van der Waals surface area contributed by atoms with Gasteiger partial charge in [-0.05, 0) is 18.9 Å². The monoisotopic (exact) mass is 454 g/mol. The SMILES string of the molecule is Cc1ccc2c(c1)Cc1[c-]cccc1-2.[Cl-].[Cl-].[Zr+4].c1ccc2[cH-]ccc2c1. The van der Waals surface area contributed by atoms with Crippen LogP contribution < -0.4 is 24.8 Å². The van der Waals surface area contributed by atoms with Crippen LogP contribution in [0.5, 0.6) is 0 Å². The van der Waals surface area contributed by atoms with Gasteiger partial charge in [-0.2, -0.15) is 47.3 Å². The van der Waals surface area contributed by atoms with Gasteiger partial charge in [0.15, 0.2) is 0 Å². The summed E-state index contributed by atoms with van der Waals surface area (Å²) >= 11 is 0. The molecule has 3 heteroatoms. The second kappa shape index (κ2) is 10.2. The van der Waals surface area contributed by atoms with E-state index in [0.29, 0.717) is 0 Å². The van der Waals surface area contributed by atoms with Gasteiger partial charge in [-0.1, -0.05) is 35.4 Å². The molecule has 0 saturated heterocycles. The third-order valence-corrected chi connectivity index (χ3v) is 4.41. The first kappa shape index (κ1) is 22.8. The average molecular weight is 457 g/mol. The molecule has 0 spiro atoms. The summed E-state index contributed by atoms with van der Waals surface area (Å²) in [5.41, 5.74) is 6.89. The Morgan fingerprint density at radius 1 is 0.885 bits per heavy atom. The second-order valence-corrected chi connectivity index (χ2v) is 6.05. The Morgan fingerprint density at radius 3 is 2.50 bits per heavy atom. The number of benzene rings is 3. The quantitative estimate of drug-likeness (QED) is 0.286. The molecule has 0 amide bonds. The van der Waals surface area contributed by atoms with Crippen molar-refractivity contribution in [2.75, 3.05) is 0 Å². The maximum absolute atomic E-state index is 3.32. The summed E-state index contributed by atoms with van der Waals surface area (Å²) in [7, 11) is 0. The maximum atomic E-state index is 3.32. The molecule has 0 heterocycles. The Balaban J connectivity index is 0.000000250. The zero-order valence-corrected chi connectivity index (χ0v) is 18.4. The largest absolute Gasteiger partial charge is 4.00 e. The number of rotatable bonds is 0. The van der Waals surface area contributed by atoms with Crippen LogP contribution in [0.25, 0.3) is 21.9 Å². The molecule has 1 aliphatic rings. The molecular weight excluding hydrogens is 438 g/mol. The van der Waals surface area contributed by atoms with Crippen LogP contribution in [-0.4, -0.2) is 0 Å². The van der Waals surface area contributed by atoms with E-state index in [1.165, 1.54) is 38.6 Å². The van der Waals surface area contributed by atoms with Crippen molar-refractivity contribution in [3.05, 3.63) is 102 Å². The first-order chi connectivity index (χ1) is 11.3. The van der Waals surface area contributed by atoms with Gasteiger partial charge in [0.2, 0.25) is 0 Å². The van der Waals surface area contributed by atoms with Crippen LogP contribution in [-0.2, 0) is 32.6 Å². The minimum Gasteiger partial charge on any atom is -1.00 e. The van der Waals surface area contributed by atoms with Crippen molar-refractivity contribution < 1.29 is 51.0 Å². The summed E-state index contributed by atoms with van der Waals surface area (Å²) < 4.78 is 0. The number of aryl methyl sites for hydroxylation is 1. The van der Waals surface area contributed by atoms with Gasteiger partial charge in [0.1, 0.15) is 0 Å². The molecule has 0 atom stereocenters. The maximum Gasteiger partial charge on any atom is 4.00 e. The van der Waals surface area contributed by atoms with Crippen molar-refractivity contribution in [3.8, 4) is 11.1 Å². The van der Waals surface area contributed by atoms with Crippen LogP contribution in [0, 0.1) is 13.0 Å². The van der Waals surface area contributed by atoms with Gasteiger partial charge < -0.3 is 24.8 Å². The van der Waals surface area contributed by atoms with E-state index < -0.39 is 0 Å². The predicted molar refractivity (Wildman–Crippen MR) is 97.8 cm³/mol. The minimum absolute atomic E-state index is 0. The van der Waals surface area contributed by atoms with Crippen LogP contribution >= 0.6 is 0 Å². The first-order valence-electron chi connectivity index (χ1n) is 8.01. The predicted octanol–water partition coefficient (Wildman–Crippen LogP) is -0.0694. The summed E-state index contributed by atoms with van der Waals surface area (Å²) in [5.74, 6) is 0. The molecule has 0 saturated carbocycles. The third kappa shape index (κ3) is 4.71. The molecular formula is C23H18Cl2Zr. The summed E-state index contributed by atoms with van der Waals surface area (Å²) in [6, 6.07) is 30.9. The summed E-state index contributed by atoms with van der Waals surface area (Å²) in [6.45, 7) is 2.15. The molecule has 4 aromatic carbocycles. The molecule has 4 aromatic rings. The van der Waals surface area contributed by atoms with Gasteiger partial charge in [0.05, 0.1) is 0 Å². The van der Waals surface area contributed by atoms with E-state index >= 15 is 0 Å². The van der Waals surface area contributed by atoms with E-state index in [4.69, 9.17) is 0 Å². The zero-order chi connectivity index (χ0) is 15.6. The molecule has 0 aromatic heterocycles. The van der Waals surface area contributed by atoms with Gasteiger partial charge in [0, 0.05) is 0 Å². The van der Waals surface area contributed by atoms with Gasteiger partial charge >= 0.3 is 26.2 Å². The smallest absolute Gasteiger partial charge is 1.00 e. The summed E-state index contributed by atoms with van der Waals surface area (Å²) in [6.07, 6.45) is 1.05. The van der Waals surface area contributed by atoms with Crippen LogP contribution in [0.4, 0.5) is 0 Å². The number of halogens is 2. The van der Waals surface area contributed by atoms with E-state index in [1.807, 2.05) is 6.07 Å². The van der Waals surface area contributed by atoms with Crippen molar-refractivity contribution in [1.29, 1.82) is 0 Å². The zero-order valence-electron chi connectivity index (χ0n) is 14.5. The molecule has 0 N–H and O–H groups in total. The van der Waals surface area contributed by atoms with E-state index in [0.717, 1.165) is 6.42 Å². The molecule has 0 nitrogen and oxygen atoms in total. The fraction of sp³-hybridized carbons (Fsp3) is 0.0870. The second-order valence-electron chi connectivity index (χ2n) is 6.05. The summed E-state index contributed by atoms with van der Waals surface area (Å²) in [4.78, 5) is 0. The molecule has 0 radical (unpaired) electrons. The van der Waals surface area contributed by atoms with Crippen molar-refractivity contribution in [2.45, 2.75) is 13.3 Å².